The average molecular weight is 340 g/mol. The first-order valence-corrected chi connectivity index (χ1v) is 7.57. The summed E-state index contributed by atoms with van der Waals surface area (Å²) in [5.74, 6) is -1.29. The monoisotopic (exact) mass is 340 g/mol. The highest BCUT2D eigenvalue weighted by molar-refractivity contribution is 5.98. The molecule has 0 spiro atoms. The Labute approximate surface area is 143 Å². The molecule has 0 atom stereocenters. The van der Waals surface area contributed by atoms with Gasteiger partial charge in [0, 0.05) is 18.2 Å². The van der Waals surface area contributed by atoms with Gasteiger partial charge < -0.3 is 19.0 Å². The number of hydrogen-bond acceptors (Lipinski definition) is 5. The van der Waals surface area contributed by atoms with Gasteiger partial charge >= 0.3 is 5.97 Å². The molecule has 128 valence electrons. The van der Waals surface area contributed by atoms with Crippen LogP contribution in [0.4, 0.5) is 0 Å². The highest BCUT2D eigenvalue weighted by Crippen LogP contribution is 2.28. The van der Waals surface area contributed by atoms with Gasteiger partial charge in [-0.25, -0.2) is 4.79 Å². The predicted octanol–water partition coefficient (Wildman–Crippen LogP) is 3.28. The Morgan fingerprint density at radius 2 is 1.88 bits per heavy atom. The Hall–Kier alpha value is -2.96. The number of aromatic carboxylic acids is 1. The van der Waals surface area contributed by atoms with Crippen molar-refractivity contribution in [1.29, 1.82) is 0 Å². The van der Waals surface area contributed by atoms with Crippen LogP contribution < -0.4 is 5.43 Å². The molecular formula is C19H16O6. The molecule has 1 heterocycles. The van der Waals surface area contributed by atoms with Crippen molar-refractivity contribution in [2.24, 2.45) is 0 Å². The van der Waals surface area contributed by atoms with Gasteiger partial charge in [0.05, 0.1) is 12.0 Å². The minimum absolute atomic E-state index is 0.0322. The smallest absolute Gasteiger partial charge is 0.343 e. The van der Waals surface area contributed by atoms with Crippen LogP contribution in [0.25, 0.3) is 22.3 Å². The summed E-state index contributed by atoms with van der Waals surface area (Å²) >= 11 is 0. The van der Waals surface area contributed by atoms with Gasteiger partial charge in [0.1, 0.15) is 12.4 Å². The van der Waals surface area contributed by atoms with Crippen molar-refractivity contribution in [1.82, 2.24) is 0 Å². The van der Waals surface area contributed by atoms with E-state index in [0.29, 0.717) is 16.7 Å². The Balaban J connectivity index is 2.27. The summed E-state index contributed by atoms with van der Waals surface area (Å²) in [4.78, 5) is 24.4. The number of methoxy groups -OCH3 is 1. The van der Waals surface area contributed by atoms with Crippen LogP contribution in [-0.2, 0) is 16.1 Å². The number of para-hydroxylation sites is 1. The fraction of sp³-hybridized carbons (Fsp3) is 0.158. The molecule has 0 saturated heterocycles. The summed E-state index contributed by atoms with van der Waals surface area (Å²) in [5, 5.41) is 9.71. The molecule has 0 fully saturated rings. The highest BCUT2D eigenvalue weighted by Gasteiger charge is 2.22. The average Bonchev–Trinajstić information content (AvgIpc) is 2.62. The van der Waals surface area contributed by atoms with E-state index in [2.05, 4.69) is 0 Å². The zero-order chi connectivity index (χ0) is 17.8. The minimum atomic E-state index is -1.32. The number of hydrogen-bond donors (Lipinski definition) is 1. The van der Waals surface area contributed by atoms with E-state index in [9.17, 15) is 14.7 Å². The molecule has 2 aromatic carbocycles. The third-order valence-corrected chi connectivity index (χ3v) is 3.71. The lowest BCUT2D eigenvalue weighted by molar-refractivity contribution is -0.0389. The van der Waals surface area contributed by atoms with E-state index in [0.717, 1.165) is 0 Å². The molecule has 0 aliphatic heterocycles. The van der Waals surface area contributed by atoms with Crippen LogP contribution >= 0.6 is 0 Å². The molecule has 0 aliphatic rings. The molecule has 0 radical (unpaired) electrons. The maximum absolute atomic E-state index is 12.7. The van der Waals surface area contributed by atoms with Crippen LogP contribution in [-0.4, -0.2) is 25.0 Å². The summed E-state index contributed by atoms with van der Waals surface area (Å²) < 4.78 is 16.1. The third-order valence-electron chi connectivity index (χ3n) is 3.71. The van der Waals surface area contributed by atoms with Crippen molar-refractivity contribution >= 4 is 16.9 Å². The Morgan fingerprint density at radius 1 is 1.12 bits per heavy atom. The van der Waals surface area contributed by atoms with E-state index < -0.39 is 11.4 Å². The first-order chi connectivity index (χ1) is 12.1. The van der Waals surface area contributed by atoms with Crippen molar-refractivity contribution in [3.8, 4) is 11.3 Å². The third kappa shape index (κ3) is 3.31. The molecule has 25 heavy (non-hydrogen) atoms. The van der Waals surface area contributed by atoms with E-state index in [4.69, 9.17) is 13.9 Å². The lowest BCUT2D eigenvalue weighted by Crippen LogP contribution is -2.17. The van der Waals surface area contributed by atoms with Crippen molar-refractivity contribution in [3.63, 3.8) is 0 Å². The standard InChI is InChI=1S/C19H16O6/c1-23-11-24-10-13-8-5-9-14-16(20)15(19(21)22)18(25-17(13)14)12-6-3-2-4-7-12/h2-9H,10-11H2,1H3,(H,21,22). The number of benzene rings is 2. The molecule has 0 aliphatic carbocycles. The van der Waals surface area contributed by atoms with Gasteiger partial charge in [-0.05, 0) is 6.07 Å². The Morgan fingerprint density at radius 3 is 2.56 bits per heavy atom. The fourth-order valence-corrected chi connectivity index (χ4v) is 2.61. The van der Waals surface area contributed by atoms with Gasteiger partial charge in [0.2, 0.25) is 5.43 Å². The predicted molar refractivity (Wildman–Crippen MR) is 91.5 cm³/mol. The molecular weight excluding hydrogens is 324 g/mol. The molecule has 1 aromatic heterocycles. The zero-order valence-corrected chi connectivity index (χ0v) is 13.5. The van der Waals surface area contributed by atoms with Crippen molar-refractivity contribution < 1.29 is 23.8 Å². The zero-order valence-electron chi connectivity index (χ0n) is 13.5. The van der Waals surface area contributed by atoms with Crippen LogP contribution in [0.2, 0.25) is 0 Å². The lowest BCUT2D eigenvalue weighted by atomic mass is 10.0. The summed E-state index contributed by atoms with van der Waals surface area (Å²) in [5.41, 5.74) is 0.509. The van der Waals surface area contributed by atoms with Crippen LogP contribution in [0.15, 0.2) is 57.7 Å². The van der Waals surface area contributed by atoms with E-state index >= 15 is 0 Å². The van der Waals surface area contributed by atoms with Gasteiger partial charge in [-0.2, -0.15) is 0 Å². The summed E-state index contributed by atoms with van der Waals surface area (Å²) in [7, 11) is 1.51. The molecule has 3 rings (SSSR count). The number of fused-ring (bicyclic) bond motifs is 1. The van der Waals surface area contributed by atoms with Crippen LogP contribution in [0.3, 0.4) is 0 Å². The molecule has 3 aromatic rings. The molecule has 1 N–H and O–H groups in total. The SMILES string of the molecule is COCOCc1cccc2c(=O)c(C(=O)O)c(-c3ccccc3)oc12. The second-order valence-corrected chi connectivity index (χ2v) is 5.36. The van der Waals surface area contributed by atoms with E-state index in [1.165, 1.54) is 7.11 Å². The topological polar surface area (TPSA) is 86.0 Å². The normalized spacial score (nSPS) is 10.9. The summed E-state index contributed by atoms with van der Waals surface area (Å²) in [6, 6.07) is 13.7. The number of carboxylic acids is 1. The van der Waals surface area contributed by atoms with Crippen LogP contribution in [0.1, 0.15) is 15.9 Å². The van der Waals surface area contributed by atoms with Crippen LogP contribution in [0.5, 0.6) is 0 Å². The van der Waals surface area contributed by atoms with E-state index in [1.807, 2.05) is 0 Å². The lowest BCUT2D eigenvalue weighted by Gasteiger charge is -2.10. The molecule has 0 amide bonds. The number of carbonyl (C=O) groups is 1. The van der Waals surface area contributed by atoms with E-state index in [-0.39, 0.29) is 30.1 Å². The second kappa shape index (κ2) is 7.29. The first kappa shape index (κ1) is 16.9. The highest BCUT2D eigenvalue weighted by atomic mass is 16.7. The Bertz CT molecular complexity index is 959. The van der Waals surface area contributed by atoms with Crippen LogP contribution in [0, 0.1) is 0 Å². The van der Waals surface area contributed by atoms with Crippen molar-refractivity contribution in [2.45, 2.75) is 6.61 Å². The maximum atomic E-state index is 12.7. The molecule has 6 nitrogen and oxygen atoms in total. The Kier molecular flexibility index (Phi) is 4.92. The van der Waals surface area contributed by atoms with Gasteiger partial charge in [-0.15, -0.1) is 0 Å². The second-order valence-electron chi connectivity index (χ2n) is 5.36. The fourth-order valence-electron chi connectivity index (χ4n) is 2.61. The van der Waals surface area contributed by atoms with Gasteiger partial charge in [-0.1, -0.05) is 42.5 Å². The first-order valence-electron chi connectivity index (χ1n) is 7.57. The number of ether oxygens (including phenoxy) is 2. The minimum Gasteiger partial charge on any atom is -0.477 e. The quantitative estimate of drug-likeness (QED) is 0.547. The number of rotatable bonds is 6. The summed E-state index contributed by atoms with van der Waals surface area (Å²) in [6.07, 6.45) is 0. The summed E-state index contributed by atoms with van der Waals surface area (Å²) in [6.45, 7) is 0.272. The molecule has 0 bridgehead atoms. The molecule has 6 heteroatoms. The van der Waals surface area contributed by atoms with E-state index in [1.54, 1.807) is 48.5 Å². The maximum Gasteiger partial charge on any atom is 0.343 e. The largest absolute Gasteiger partial charge is 0.477 e. The molecule has 0 saturated carbocycles. The number of carboxylic acid groups (broad SMARTS) is 1. The molecule has 0 unspecified atom stereocenters. The van der Waals surface area contributed by atoms with Crippen molar-refractivity contribution in [3.05, 3.63) is 69.9 Å². The van der Waals surface area contributed by atoms with Gasteiger partial charge in [0.15, 0.2) is 11.3 Å². The van der Waals surface area contributed by atoms with Gasteiger partial charge in [0.25, 0.3) is 0 Å². The van der Waals surface area contributed by atoms with Crippen molar-refractivity contribution in [2.75, 3.05) is 13.9 Å². The van der Waals surface area contributed by atoms with Gasteiger partial charge in [-0.3, -0.25) is 4.79 Å².